The first-order chi connectivity index (χ1) is 15.6. The highest BCUT2D eigenvalue weighted by molar-refractivity contribution is 5.86. The summed E-state index contributed by atoms with van der Waals surface area (Å²) in [7, 11) is 1.31. The van der Waals surface area contributed by atoms with Crippen molar-refractivity contribution in [1.29, 1.82) is 0 Å². The number of esters is 1. The van der Waals surface area contributed by atoms with Crippen molar-refractivity contribution in [3.05, 3.63) is 66.1 Å². The molecule has 0 unspecified atom stereocenters. The lowest BCUT2D eigenvalue weighted by molar-refractivity contribution is 0.0593. The number of anilines is 1. The van der Waals surface area contributed by atoms with E-state index < -0.39 is 5.97 Å². The Labute approximate surface area is 184 Å². The Bertz CT molecular complexity index is 1110. The van der Waals surface area contributed by atoms with Crippen LogP contribution in [0.25, 0.3) is 11.4 Å². The van der Waals surface area contributed by atoms with Crippen molar-refractivity contribution in [3.8, 4) is 11.4 Å². The minimum atomic E-state index is -0.511. The zero-order valence-corrected chi connectivity index (χ0v) is 17.6. The quantitative estimate of drug-likeness (QED) is 0.592. The molecule has 0 radical (unpaired) electrons. The summed E-state index contributed by atoms with van der Waals surface area (Å²) in [6.45, 7) is 0.631. The summed E-state index contributed by atoms with van der Waals surface area (Å²) in [5, 5.41) is 3.46. The predicted molar refractivity (Wildman–Crippen MR) is 115 cm³/mol. The van der Waals surface area contributed by atoms with Gasteiger partial charge in [-0.2, -0.15) is 0 Å². The van der Waals surface area contributed by atoms with E-state index in [0.717, 1.165) is 24.8 Å². The van der Waals surface area contributed by atoms with Crippen LogP contribution in [0, 0.1) is 5.82 Å². The zero-order valence-electron chi connectivity index (χ0n) is 17.6. The first-order valence-corrected chi connectivity index (χ1v) is 10.6. The van der Waals surface area contributed by atoms with Gasteiger partial charge in [0.25, 0.3) is 0 Å². The van der Waals surface area contributed by atoms with Gasteiger partial charge in [-0.1, -0.05) is 12.1 Å². The molecule has 2 aliphatic heterocycles. The molecule has 4 heterocycles. The topological polar surface area (TPSA) is 93.1 Å². The fraction of sp³-hybridized carbons (Fsp3) is 0.348. The van der Waals surface area contributed by atoms with Crippen molar-refractivity contribution in [3.63, 3.8) is 0 Å². The molecule has 9 heteroatoms. The van der Waals surface area contributed by atoms with Crippen LogP contribution in [0.2, 0.25) is 0 Å². The second kappa shape index (κ2) is 8.58. The van der Waals surface area contributed by atoms with E-state index in [2.05, 4.69) is 34.9 Å². The average molecular weight is 434 g/mol. The van der Waals surface area contributed by atoms with Crippen molar-refractivity contribution >= 4 is 11.8 Å². The van der Waals surface area contributed by atoms with Gasteiger partial charge < -0.3 is 10.1 Å². The van der Waals surface area contributed by atoms with Crippen molar-refractivity contribution < 1.29 is 13.9 Å². The van der Waals surface area contributed by atoms with Gasteiger partial charge in [-0.05, 0) is 37.0 Å². The average Bonchev–Trinajstić information content (AvgIpc) is 3.36. The monoisotopic (exact) mass is 434 g/mol. The van der Waals surface area contributed by atoms with Crippen molar-refractivity contribution in [2.45, 2.75) is 43.9 Å². The van der Waals surface area contributed by atoms with E-state index in [-0.39, 0.29) is 17.6 Å². The van der Waals surface area contributed by atoms with Gasteiger partial charge in [0.2, 0.25) is 0 Å². The normalized spacial score (nSPS) is 22.1. The van der Waals surface area contributed by atoms with Gasteiger partial charge in [-0.25, -0.2) is 29.1 Å². The molecule has 5 rings (SSSR count). The smallest absolute Gasteiger partial charge is 0.358 e. The number of benzene rings is 1. The third-order valence-electron chi connectivity index (χ3n) is 6.30. The molecule has 2 bridgehead atoms. The van der Waals surface area contributed by atoms with E-state index in [1.54, 1.807) is 30.7 Å². The van der Waals surface area contributed by atoms with Crippen LogP contribution >= 0.6 is 0 Å². The maximum Gasteiger partial charge on any atom is 0.358 e. The van der Waals surface area contributed by atoms with Crippen molar-refractivity contribution in [1.82, 2.24) is 24.8 Å². The summed E-state index contributed by atoms with van der Waals surface area (Å²) in [5.41, 5.74) is 1.53. The molecule has 0 saturated carbocycles. The van der Waals surface area contributed by atoms with Crippen LogP contribution in [0.5, 0.6) is 0 Å². The molecule has 0 spiro atoms. The Hall–Kier alpha value is -3.46. The number of aromatic nitrogens is 4. The Balaban J connectivity index is 1.33. The van der Waals surface area contributed by atoms with Gasteiger partial charge in [0.15, 0.2) is 11.5 Å². The molecule has 32 heavy (non-hydrogen) atoms. The SMILES string of the molecule is COC(=O)c1cnc(N[C@@H]2C[C@H]3CC[C@@H]2N3Cc2cccc(F)c2-c2ncccn2)cn1. The minimum absolute atomic E-state index is 0.175. The summed E-state index contributed by atoms with van der Waals surface area (Å²) in [6, 6.07) is 7.78. The van der Waals surface area contributed by atoms with Gasteiger partial charge in [0.1, 0.15) is 11.6 Å². The fourth-order valence-corrected chi connectivity index (χ4v) is 4.88. The summed E-state index contributed by atoms with van der Waals surface area (Å²) < 4.78 is 19.4. The Morgan fingerprint density at radius 2 is 2.00 bits per heavy atom. The minimum Gasteiger partial charge on any atom is -0.464 e. The van der Waals surface area contributed by atoms with E-state index in [1.165, 1.54) is 19.4 Å². The van der Waals surface area contributed by atoms with Crippen LogP contribution in [-0.2, 0) is 11.3 Å². The zero-order chi connectivity index (χ0) is 22.1. The fourth-order valence-electron chi connectivity index (χ4n) is 4.88. The largest absolute Gasteiger partial charge is 0.464 e. The molecule has 0 aliphatic carbocycles. The molecule has 2 saturated heterocycles. The highest BCUT2D eigenvalue weighted by Gasteiger charge is 2.46. The van der Waals surface area contributed by atoms with Crippen molar-refractivity contribution in [2.75, 3.05) is 12.4 Å². The number of halogens is 1. The number of fused-ring (bicyclic) bond motifs is 2. The number of hydrogen-bond donors (Lipinski definition) is 1. The summed E-state index contributed by atoms with van der Waals surface area (Å²) in [4.78, 5) is 31.0. The number of rotatable bonds is 6. The first kappa shape index (κ1) is 20.4. The van der Waals surface area contributed by atoms with E-state index in [4.69, 9.17) is 0 Å². The van der Waals surface area contributed by atoms with E-state index >= 15 is 0 Å². The van der Waals surface area contributed by atoms with Crippen LogP contribution < -0.4 is 5.32 Å². The van der Waals surface area contributed by atoms with Gasteiger partial charge in [-0.3, -0.25) is 4.90 Å². The maximum absolute atomic E-state index is 14.7. The molecule has 2 fully saturated rings. The van der Waals surface area contributed by atoms with E-state index in [0.29, 0.717) is 35.8 Å². The molecule has 1 N–H and O–H groups in total. The molecule has 0 amide bonds. The van der Waals surface area contributed by atoms with Crippen molar-refractivity contribution in [2.24, 2.45) is 0 Å². The lowest BCUT2D eigenvalue weighted by Crippen LogP contribution is -2.36. The molecule has 3 aromatic rings. The van der Waals surface area contributed by atoms with E-state index in [9.17, 15) is 9.18 Å². The molecule has 1 aromatic carbocycles. The number of carbonyl (C=O) groups is 1. The second-order valence-electron chi connectivity index (χ2n) is 8.08. The number of ether oxygens (including phenoxy) is 1. The Kier molecular flexibility index (Phi) is 5.48. The molecule has 8 nitrogen and oxygen atoms in total. The van der Waals surface area contributed by atoms with Gasteiger partial charge >= 0.3 is 5.97 Å². The summed E-state index contributed by atoms with van der Waals surface area (Å²) in [5.74, 6) is 0.210. The first-order valence-electron chi connectivity index (χ1n) is 10.6. The lowest BCUT2D eigenvalue weighted by atomic mass is 9.95. The standard InChI is InChI=1S/C23H23FN6O2/c1-32-23(31)18-11-28-20(12-27-18)29-17-10-15-6-7-19(17)30(15)13-14-4-2-5-16(24)21(14)22-25-8-3-9-26-22/h2-5,8-9,11-12,15,17,19H,6-7,10,13H2,1H3,(H,28,29)/t15-,17-,19+/m1/s1. The van der Waals surface area contributed by atoms with Crippen LogP contribution in [-0.4, -0.2) is 56.0 Å². The van der Waals surface area contributed by atoms with Gasteiger partial charge in [0, 0.05) is 37.1 Å². The third-order valence-corrected chi connectivity index (χ3v) is 6.30. The van der Waals surface area contributed by atoms with Gasteiger partial charge in [-0.15, -0.1) is 0 Å². The van der Waals surface area contributed by atoms with Crippen LogP contribution in [0.3, 0.4) is 0 Å². The highest BCUT2D eigenvalue weighted by atomic mass is 19.1. The van der Waals surface area contributed by atoms with Crippen LogP contribution in [0.1, 0.15) is 35.3 Å². The Morgan fingerprint density at radius 1 is 1.16 bits per heavy atom. The molecule has 164 valence electrons. The second-order valence-corrected chi connectivity index (χ2v) is 8.08. The summed E-state index contributed by atoms with van der Waals surface area (Å²) >= 11 is 0. The number of methoxy groups -OCH3 is 1. The molecule has 3 atom stereocenters. The van der Waals surface area contributed by atoms with E-state index in [1.807, 2.05) is 6.07 Å². The van der Waals surface area contributed by atoms with Gasteiger partial charge in [0.05, 0.1) is 25.1 Å². The molecular weight excluding hydrogens is 411 g/mol. The third kappa shape index (κ3) is 3.80. The Morgan fingerprint density at radius 3 is 2.75 bits per heavy atom. The highest BCUT2D eigenvalue weighted by Crippen LogP contribution is 2.41. The maximum atomic E-state index is 14.7. The number of carbonyl (C=O) groups excluding carboxylic acids is 1. The number of nitrogens with zero attached hydrogens (tertiary/aromatic N) is 5. The number of hydrogen-bond acceptors (Lipinski definition) is 8. The molecule has 2 aliphatic rings. The summed E-state index contributed by atoms with van der Waals surface area (Å²) in [6.07, 6.45) is 9.37. The number of nitrogens with one attached hydrogen (secondary N) is 1. The molecule has 2 aromatic heterocycles. The van der Waals surface area contributed by atoms with Crippen LogP contribution in [0.4, 0.5) is 10.2 Å². The predicted octanol–water partition coefficient (Wildman–Crippen LogP) is 3.08. The molecular formula is C23H23FN6O2. The lowest BCUT2D eigenvalue weighted by Gasteiger charge is -2.26. The van der Waals surface area contributed by atoms with Crippen LogP contribution in [0.15, 0.2) is 49.1 Å².